The topological polar surface area (TPSA) is 56.5 Å². The minimum atomic E-state index is -0.655. The second-order valence-corrected chi connectivity index (χ2v) is 8.74. The van der Waals surface area contributed by atoms with Gasteiger partial charge in [0.25, 0.3) is 0 Å². The van der Waals surface area contributed by atoms with E-state index in [0.717, 1.165) is 28.2 Å². The number of aromatic nitrogens is 2. The van der Waals surface area contributed by atoms with Crippen LogP contribution in [-0.4, -0.2) is 27.4 Å². The Hall–Kier alpha value is -3.15. The summed E-state index contributed by atoms with van der Waals surface area (Å²) in [6.07, 6.45) is -0.655. The summed E-state index contributed by atoms with van der Waals surface area (Å²) in [6.45, 7) is 7.94. The lowest BCUT2D eigenvalue weighted by molar-refractivity contribution is 0.0202. The van der Waals surface area contributed by atoms with Crippen molar-refractivity contribution in [1.82, 2.24) is 9.55 Å². The molecular formula is C28H32N2O3. The number of benzene rings is 3. The molecule has 1 unspecified atom stereocenters. The Bertz CT molecular complexity index is 1180. The summed E-state index contributed by atoms with van der Waals surface area (Å²) >= 11 is 0. The monoisotopic (exact) mass is 444 g/mol. The van der Waals surface area contributed by atoms with Crippen LogP contribution >= 0.6 is 0 Å². The van der Waals surface area contributed by atoms with Crippen molar-refractivity contribution in [2.75, 3.05) is 6.61 Å². The number of para-hydroxylation sites is 2. The molecule has 1 atom stereocenters. The van der Waals surface area contributed by atoms with E-state index in [1.165, 1.54) is 11.1 Å². The molecule has 4 rings (SSSR count). The SMILES string of the molecule is Cc1cc(OCc2nc3ccccc3n2CC(O)COCc2ccccc2)ccc1C(C)C. The molecule has 0 aliphatic rings. The largest absolute Gasteiger partial charge is 0.486 e. The molecule has 0 fully saturated rings. The number of aliphatic hydroxyl groups is 1. The van der Waals surface area contributed by atoms with Gasteiger partial charge in [-0.15, -0.1) is 0 Å². The fourth-order valence-electron chi connectivity index (χ4n) is 4.12. The molecule has 0 radical (unpaired) electrons. The number of hydrogen-bond acceptors (Lipinski definition) is 4. The summed E-state index contributed by atoms with van der Waals surface area (Å²) in [4.78, 5) is 4.76. The highest BCUT2D eigenvalue weighted by molar-refractivity contribution is 5.75. The number of hydrogen-bond donors (Lipinski definition) is 1. The highest BCUT2D eigenvalue weighted by Gasteiger charge is 2.15. The van der Waals surface area contributed by atoms with Crippen LogP contribution in [0.5, 0.6) is 5.75 Å². The van der Waals surface area contributed by atoms with Crippen molar-refractivity contribution in [3.05, 3.63) is 95.3 Å². The zero-order chi connectivity index (χ0) is 23.2. The normalized spacial score (nSPS) is 12.4. The summed E-state index contributed by atoms with van der Waals surface area (Å²) < 4.78 is 13.9. The highest BCUT2D eigenvalue weighted by atomic mass is 16.5. The molecule has 5 heteroatoms. The summed E-state index contributed by atoms with van der Waals surface area (Å²) in [5.41, 5.74) is 5.50. The lowest BCUT2D eigenvalue weighted by Crippen LogP contribution is -2.23. The molecular weight excluding hydrogens is 412 g/mol. The number of nitrogens with zero attached hydrogens (tertiary/aromatic N) is 2. The number of fused-ring (bicyclic) bond motifs is 1. The van der Waals surface area contributed by atoms with Crippen LogP contribution in [0.2, 0.25) is 0 Å². The molecule has 1 N–H and O–H groups in total. The maximum Gasteiger partial charge on any atom is 0.148 e. The molecule has 0 amide bonds. The van der Waals surface area contributed by atoms with E-state index >= 15 is 0 Å². The molecule has 0 spiro atoms. The van der Waals surface area contributed by atoms with Crippen molar-refractivity contribution in [3.63, 3.8) is 0 Å². The Morgan fingerprint density at radius 1 is 0.939 bits per heavy atom. The van der Waals surface area contributed by atoms with Crippen LogP contribution in [0.1, 0.15) is 42.3 Å². The quantitative estimate of drug-likeness (QED) is 0.345. The van der Waals surface area contributed by atoms with Gasteiger partial charge >= 0.3 is 0 Å². The molecule has 5 nitrogen and oxygen atoms in total. The third kappa shape index (κ3) is 5.81. The first kappa shape index (κ1) is 23.0. The van der Waals surface area contributed by atoms with Gasteiger partial charge in [-0.05, 0) is 53.8 Å². The third-order valence-corrected chi connectivity index (χ3v) is 5.78. The van der Waals surface area contributed by atoms with Gasteiger partial charge in [0.15, 0.2) is 0 Å². The summed E-state index contributed by atoms with van der Waals surface area (Å²) in [5, 5.41) is 10.7. The zero-order valence-corrected chi connectivity index (χ0v) is 19.6. The zero-order valence-electron chi connectivity index (χ0n) is 19.6. The molecule has 33 heavy (non-hydrogen) atoms. The van der Waals surface area contributed by atoms with E-state index in [1.54, 1.807) is 0 Å². The molecule has 0 saturated carbocycles. The number of ether oxygens (including phenoxy) is 2. The molecule has 1 heterocycles. The summed E-state index contributed by atoms with van der Waals surface area (Å²) in [5.74, 6) is 2.08. The van der Waals surface area contributed by atoms with E-state index < -0.39 is 6.10 Å². The lowest BCUT2D eigenvalue weighted by Gasteiger charge is -2.16. The second-order valence-electron chi connectivity index (χ2n) is 8.74. The third-order valence-electron chi connectivity index (χ3n) is 5.78. The minimum Gasteiger partial charge on any atom is -0.486 e. The molecule has 0 saturated heterocycles. The number of aryl methyl sites for hydroxylation is 1. The Morgan fingerprint density at radius 3 is 2.45 bits per heavy atom. The van der Waals surface area contributed by atoms with Gasteiger partial charge in [-0.2, -0.15) is 0 Å². The Kier molecular flexibility index (Phi) is 7.43. The van der Waals surface area contributed by atoms with E-state index in [1.807, 2.05) is 65.2 Å². The van der Waals surface area contributed by atoms with Crippen molar-refractivity contribution in [2.24, 2.45) is 0 Å². The predicted molar refractivity (Wildman–Crippen MR) is 131 cm³/mol. The van der Waals surface area contributed by atoms with Gasteiger partial charge in [0.1, 0.15) is 18.2 Å². The number of rotatable bonds is 10. The highest BCUT2D eigenvalue weighted by Crippen LogP contribution is 2.25. The van der Waals surface area contributed by atoms with Gasteiger partial charge in [-0.3, -0.25) is 0 Å². The number of aliphatic hydroxyl groups excluding tert-OH is 1. The van der Waals surface area contributed by atoms with Gasteiger partial charge < -0.3 is 19.1 Å². The lowest BCUT2D eigenvalue weighted by atomic mass is 9.98. The van der Waals surface area contributed by atoms with Crippen LogP contribution in [-0.2, 0) is 24.5 Å². The average molecular weight is 445 g/mol. The molecule has 3 aromatic carbocycles. The van der Waals surface area contributed by atoms with Crippen molar-refractivity contribution in [3.8, 4) is 5.75 Å². The standard InChI is InChI=1S/C28H32N2O3/c1-20(2)25-14-13-24(15-21(25)3)33-19-28-29-26-11-7-8-12-27(26)30(28)16-23(31)18-32-17-22-9-5-4-6-10-22/h4-15,20,23,31H,16-19H2,1-3H3. The van der Waals surface area contributed by atoms with E-state index in [-0.39, 0.29) is 6.61 Å². The Balaban J connectivity index is 1.44. The smallest absolute Gasteiger partial charge is 0.148 e. The number of imidazole rings is 1. The van der Waals surface area contributed by atoms with E-state index in [2.05, 4.69) is 32.9 Å². The molecule has 0 aliphatic heterocycles. The Morgan fingerprint density at radius 2 is 1.70 bits per heavy atom. The molecule has 172 valence electrons. The molecule has 4 aromatic rings. The predicted octanol–water partition coefficient (Wildman–Crippen LogP) is 5.62. The molecule has 0 bridgehead atoms. The first-order chi connectivity index (χ1) is 16.0. The first-order valence-electron chi connectivity index (χ1n) is 11.5. The van der Waals surface area contributed by atoms with Gasteiger partial charge in [0, 0.05) is 0 Å². The fraction of sp³-hybridized carbons (Fsp3) is 0.321. The van der Waals surface area contributed by atoms with Crippen LogP contribution in [0.25, 0.3) is 11.0 Å². The maximum atomic E-state index is 10.7. The van der Waals surface area contributed by atoms with Crippen LogP contribution in [0.3, 0.4) is 0 Å². The maximum absolute atomic E-state index is 10.7. The summed E-state index contributed by atoms with van der Waals surface area (Å²) in [6, 6.07) is 24.2. The average Bonchev–Trinajstić information content (AvgIpc) is 3.15. The molecule has 1 aromatic heterocycles. The minimum absolute atomic E-state index is 0.248. The summed E-state index contributed by atoms with van der Waals surface area (Å²) in [7, 11) is 0. The van der Waals surface area contributed by atoms with Crippen molar-refractivity contribution in [2.45, 2.75) is 52.6 Å². The first-order valence-corrected chi connectivity index (χ1v) is 11.5. The molecule has 0 aliphatic carbocycles. The van der Waals surface area contributed by atoms with Gasteiger partial charge in [-0.25, -0.2) is 4.98 Å². The van der Waals surface area contributed by atoms with Crippen molar-refractivity contribution >= 4 is 11.0 Å². The van der Waals surface area contributed by atoms with E-state index in [0.29, 0.717) is 25.7 Å². The van der Waals surface area contributed by atoms with Crippen LogP contribution in [0, 0.1) is 6.92 Å². The van der Waals surface area contributed by atoms with Crippen LogP contribution in [0.15, 0.2) is 72.8 Å². The van der Waals surface area contributed by atoms with E-state index in [9.17, 15) is 5.11 Å². The van der Waals surface area contributed by atoms with Gasteiger partial charge in [0.05, 0.1) is 36.9 Å². The van der Waals surface area contributed by atoms with Crippen molar-refractivity contribution < 1.29 is 14.6 Å². The van der Waals surface area contributed by atoms with Crippen LogP contribution in [0.4, 0.5) is 0 Å². The van der Waals surface area contributed by atoms with Crippen LogP contribution < -0.4 is 4.74 Å². The Labute approximate surface area is 195 Å². The fourth-order valence-corrected chi connectivity index (χ4v) is 4.12. The van der Waals surface area contributed by atoms with E-state index in [4.69, 9.17) is 14.5 Å². The van der Waals surface area contributed by atoms with Gasteiger partial charge in [0.2, 0.25) is 0 Å². The van der Waals surface area contributed by atoms with Crippen molar-refractivity contribution in [1.29, 1.82) is 0 Å². The second kappa shape index (κ2) is 10.6. The van der Waals surface area contributed by atoms with Gasteiger partial charge in [-0.1, -0.05) is 62.4 Å².